The van der Waals surface area contributed by atoms with Crippen LogP contribution in [0.5, 0.6) is 0 Å². The number of carbonyl (C=O) groups excluding carboxylic acids is 1. The molecule has 0 N–H and O–H groups in total. The van der Waals surface area contributed by atoms with Crippen molar-refractivity contribution < 1.29 is 9.53 Å². The Balaban J connectivity index is 1.56. The maximum atomic E-state index is 12.1. The van der Waals surface area contributed by atoms with E-state index in [4.69, 9.17) is 4.74 Å². The minimum absolute atomic E-state index is 0.126. The molecule has 0 aromatic carbocycles. The summed E-state index contributed by atoms with van der Waals surface area (Å²) < 4.78 is 5.63. The van der Waals surface area contributed by atoms with Crippen LogP contribution < -0.4 is 0 Å². The van der Waals surface area contributed by atoms with Crippen LogP contribution in [0.4, 0.5) is 0 Å². The number of piperazine rings is 1. The summed E-state index contributed by atoms with van der Waals surface area (Å²) in [4.78, 5) is 19.4. The third kappa shape index (κ3) is 4.06. The maximum Gasteiger partial charge on any atom is 0.219 e. The molecule has 0 radical (unpaired) electrons. The van der Waals surface area contributed by atoms with Crippen LogP contribution in [0.15, 0.2) is 0 Å². The lowest BCUT2D eigenvalue weighted by molar-refractivity contribution is -0.142. The summed E-state index contributed by atoms with van der Waals surface area (Å²) in [7, 11) is 0. The number of nitrogens with zero attached hydrogens (tertiary/aromatic N) is 3. The first kappa shape index (κ1) is 17.2. The second-order valence-electron chi connectivity index (χ2n) is 7.71. The SMILES string of the molecule is CC(=O)N1CCN(CCN2CCO[C@H](C)C2)CC12CCCCC2. The van der Waals surface area contributed by atoms with Crippen molar-refractivity contribution in [3.05, 3.63) is 0 Å². The smallest absolute Gasteiger partial charge is 0.219 e. The highest BCUT2D eigenvalue weighted by Crippen LogP contribution is 2.36. The van der Waals surface area contributed by atoms with Crippen LogP contribution >= 0.6 is 0 Å². The van der Waals surface area contributed by atoms with Crippen molar-refractivity contribution in [1.29, 1.82) is 0 Å². The third-order valence-electron chi connectivity index (χ3n) is 5.95. The summed E-state index contributed by atoms with van der Waals surface area (Å²) in [5.41, 5.74) is 0.126. The molecule has 23 heavy (non-hydrogen) atoms. The molecule has 5 nitrogen and oxygen atoms in total. The van der Waals surface area contributed by atoms with E-state index in [1.807, 2.05) is 0 Å². The fraction of sp³-hybridized carbons (Fsp3) is 0.944. The number of rotatable bonds is 3. The van der Waals surface area contributed by atoms with Crippen LogP contribution in [-0.2, 0) is 9.53 Å². The maximum absolute atomic E-state index is 12.1. The topological polar surface area (TPSA) is 36.0 Å². The van der Waals surface area contributed by atoms with E-state index in [-0.39, 0.29) is 11.4 Å². The molecule has 5 heteroatoms. The third-order valence-corrected chi connectivity index (χ3v) is 5.95. The molecule has 1 aliphatic carbocycles. The van der Waals surface area contributed by atoms with Gasteiger partial charge in [0, 0.05) is 52.7 Å². The minimum atomic E-state index is 0.126. The van der Waals surface area contributed by atoms with Gasteiger partial charge in [0.05, 0.1) is 18.2 Å². The van der Waals surface area contributed by atoms with Gasteiger partial charge in [-0.3, -0.25) is 14.6 Å². The lowest BCUT2D eigenvalue weighted by atomic mass is 9.78. The average Bonchev–Trinajstić information content (AvgIpc) is 2.53. The number of morpholine rings is 1. The van der Waals surface area contributed by atoms with Crippen molar-refractivity contribution in [2.75, 3.05) is 52.4 Å². The zero-order chi connectivity index (χ0) is 16.3. The van der Waals surface area contributed by atoms with E-state index >= 15 is 0 Å². The molecule has 3 rings (SSSR count). The lowest BCUT2D eigenvalue weighted by Gasteiger charge is -2.53. The monoisotopic (exact) mass is 323 g/mol. The van der Waals surface area contributed by atoms with E-state index in [1.54, 1.807) is 6.92 Å². The molecule has 0 bridgehead atoms. The van der Waals surface area contributed by atoms with Crippen molar-refractivity contribution in [3.63, 3.8) is 0 Å². The fourth-order valence-corrected chi connectivity index (χ4v) is 4.76. The van der Waals surface area contributed by atoms with Crippen molar-refractivity contribution in [3.8, 4) is 0 Å². The molecule has 3 aliphatic rings. The lowest BCUT2D eigenvalue weighted by Crippen LogP contribution is -2.64. The van der Waals surface area contributed by atoms with Crippen LogP contribution in [0.2, 0.25) is 0 Å². The summed E-state index contributed by atoms with van der Waals surface area (Å²) in [5.74, 6) is 0.272. The molecule has 1 spiro atoms. The molecular weight excluding hydrogens is 290 g/mol. The Morgan fingerprint density at radius 2 is 1.83 bits per heavy atom. The highest BCUT2D eigenvalue weighted by molar-refractivity contribution is 5.74. The van der Waals surface area contributed by atoms with E-state index in [0.29, 0.717) is 6.10 Å². The predicted octanol–water partition coefficient (Wildman–Crippen LogP) is 1.57. The Kier molecular flexibility index (Phi) is 5.60. The Bertz CT molecular complexity index is 409. The normalized spacial score (nSPS) is 29.8. The summed E-state index contributed by atoms with van der Waals surface area (Å²) in [5, 5.41) is 0. The molecule has 0 aromatic heterocycles. The van der Waals surface area contributed by atoms with Gasteiger partial charge in [-0.25, -0.2) is 0 Å². The van der Waals surface area contributed by atoms with Crippen molar-refractivity contribution >= 4 is 5.91 Å². The highest BCUT2D eigenvalue weighted by Gasteiger charge is 2.43. The number of amides is 1. The first-order chi connectivity index (χ1) is 11.1. The molecule has 2 saturated heterocycles. The van der Waals surface area contributed by atoms with E-state index in [2.05, 4.69) is 21.6 Å². The standard InChI is InChI=1S/C18H33N3O2/c1-16-14-19(12-13-23-16)8-9-20-10-11-21(17(2)22)18(15-20)6-4-3-5-7-18/h16H,3-15H2,1-2H3/t16-/m1/s1. The van der Waals surface area contributed by atoms with Crippen molar-refractivity contribution in [1.82, 2.24) is 14.7 Å². The van der Waals surface area contributed by atoms with Crippen LogP contribution in [-0.4, -0.2) is 84.7 Å². The molecule has 0 aromatic rings. The molecule has 2 heterocycles. The molecule has 132 valence electrons. The van der Waals surface area contributed by atoms with Gasteiger partial charge in [0.2, 0.25) is 5.91 Å². The minimum Gasteiger partial charge on any atom is -0.376 e. The van der Waals surface area contributed by atoms with E-state index < -0.39 is 0 Å². The molecule has 1 atom stereocenters. The van der Waals surface area contributed by atoms with Crippen LogP contribution in [0.25, 0.3) is 0 Å². The van der Waals surface area contributed by atoms with Crippen LogP contribution in [0.3, 0.4) is 0 Å². The Morgan fingerprint density at radius 3 is 2.52 bits per heavy atom. The zero-order valence-corrected chi connectivity index (χ0v) is 14.9. The zero-order valence-electron chi connectivity index (χ0n) is 14.9. The van der Waals surface area contributed by atoms with Gasteiger partial charge < -0.3 is 9.64 Å². The van der Waals surface area contributed by atoms with Gasteiger partial charge in [-0.2, -0.15) is 0 Å². The first-order valence-electron chi connectivity index (χ1n) is 9.44. The van der Waals surface area contributed by atoms with E-state index in [1.165, 1.54) is 32.1 Å². The largest absolute Gasteiger partial charge is 0.376 e. The number of hydrogen-bond acceptors (Lipinski definition) is 4. The van der Waals surface area contributed by atoms with Gasteiger partial charge in [0.25, 0.3) is 0 Å². The van der Waals surface area contributed by atoms with Crippen molar-refractivity contribution in [2.24, 2.45) is 0 Å². The second-order valence-corrected chi connectivity index (χ2v) is 7.71. The molecule has 1 amide bonds. The highest BCUT2D eigenvalue weighted by atomic mass is 16.5. The average molecular weight is 323 g/mol. The van der Waals surface area contributed by atoms with Gasteiger partial charge in [-0.05, 0) is 19.8 Å². The van der Waals surface area contributed by atoms with Gasteiger partial charge in [-0.15, -0.1) is 0 Å². The summed E-state index contributed by atoms with van der Waals surface area (Å²) >= 11 is 0. The summed E-state index contributed by atoms with van der Waals surface area (Å²) in [6.45, 7) is 12.2. The van der Waals surface area contributed by atoms with Crippen LogP contribution in [0, 0.1) is 0 Å². The number of ether oxygens (including phenoxy) is 1. The summed E-state index contributed by atoms with van der Waals surface area (Å²) in [6.07, 6.45) is 6.63. The van der Waals surface area contributed by atoms with Gasteiger partial charge in [0.15, 0.2) is 0 Å². The quantitative estimate of drug-likeness (QED) is 0.790. The summed E-state index contributed by atoms with van der Waals surface area (Å²) in [6, 6.07) is 0. The predicted molar refractivity (Wildman–Crippen MR) is 91.5 cm³/mol. The molecule has 2 aliphatic heterocycles. The van der Waals surface area contributed by atoms with E-state index in [9.17, 15) is 4.79 Å². The van der Waals surface area contributed by atoms with Gasteiger partial charge in [-0.1, -0.05) is 19.3 Å². The number of hydrogen-bond donors (Lipinski definition) is 0. The Morgan fingerprint density at radius 1 is 1.09 bits per heavy atom. The molecular formula is C18H33N3O2. The first-order valence-corrected chi connectivity index (χ1v) is 9.44. The van der Waals surface area contributed by atoms with Crippen LogP contribution in [0.1, 0.15) is 46.0 Å². The molecule has 0 unspecified atom stereocenters. The Hall–Kier alpha value is -0.650. The van der Waals surface area contributed by atoms with Gasteiger partial charge in [0.1, 0.15) is 0 Å². The van der Waals surface area contributed by atoms with Crippen molar-refractivity contribution in [2.45, 2.75) is 57.6 Å². The number of carbonyl (C=O) groups is 1. The Labute approximate surface area is 140 Å². The second kappa shape index (κ2) is 7.49. The fourth-order valence-electron chi connectivity index (χ4n) is 4.76. The van der Waals surface area contributed by atoms with E-state index in [0.717, 1.165) is 52.4 Å². The molecule has 1 saturated carbocycles. The molecule has 3 fully saturated rings. The van der Waals surface area contributed by atoms with Gasteiger partial charge >= 0.3 is 0 Å².